The molecule has 4 nitrogen and oxygen atoms in total. The predicted octanol–water partition coefficient (Wildman–Crippen LogP) is 0.909. The van der Waals surface area contributed by atoms with Gasteiger partial charge in [0.15, 0.2) is 5.78 Å². The van der Waals surface area contributed by atoms with Crippen LogP contribution in [0.25, 0.3) is 0 Å². The maximum absolute atomic E-state index is 12.0. The van der Waals surface area contributed by atoms with E-state index in [-0.39, 0.29) is 23.3 Å². The van der Waals surface area contributed by atoms with Gasteiger partial charge in [0.1, 0.15) is 5.75 Å². The van der Waals surface area contributed by atoms with Crippen molar-refractivity contribution in [3.63, 3.8) is 0 Å². The molecule has 0 amide bonds. The quantitative estimate of drug-likeness (QED) is 0.382. The number of nitrogens with two attached hydrogens (primary N) is 1. The van der Waals surface area contributed by atoms with Crippen molar-refractivity contribution in [1.82, 2.24) is 5.32 Å². The number of phenols is 1. The summed E-state index contributed by atoms with van der Waals surface area (Å²) in [5.41, 5.74) is 6.24. The van der Waals surface area contributed by atoms with Gasteiger partial charge in [-0.05, 0) is 31.5 Å². The van der Waals surface area contributed by atoms with E-state index in [4.69, 9.17) is 5.73 Å². The van der Waals surface area contributed by atoms with Gasteiger partial charge in [-0.25, -0.2) is 0 Å². The summed E-state index contributed by atoms with van der Waals surface area (Å²) in [6.07, 6.45) is 1.85. The van der Waals surface area contributed by atoms with Gasteiger partial charge in [0.05, 0.1) is 11.7 Å². The van der Waals surface area contributed by atoms with Gasteiger partial charge in [-0.1, -0.05) is 6.07 Å². The number of anilines is 1. The largest absolute Gasteiger partial charge is 0.506 e. The van der Waals surface area contributed by atoms with Gasteiger partial charge in [-0.2, -0.15) is 0 Å². The second-order valence-corrected chi connectivity index (χ2v) is 3.75. The minimum Gasteiger partial charge on any atom is -0.506 e. The topological polar surface area (TPSA) is 75.3 Å². The van der Waals surface area contributed by atoms with Crippen LogP contribution in [0.15, 0.2) is 18.2 Å². The lowest BCUT2D eigenvalue weighted by Gasteiger charge is -2.11. The summed E-state index contributed by atoms with van der Waals surface area (Å²) in [6, 6.07) is 4.62. The van der Waals surface area contributed by atoms with E-state index in [9.17, 15) is 9.90 Å². The van der Waals surface area contributed by atoms with Crippen LogP contribution < -0.4 is 11.1 Å². The maximum atomic E-state index is 12.0. The molecule has 1 aromatic carbocycles. The van der Waals surface area contributed by atoms with Crippen molar-refractivity contribution in [3.8, 4) is 5.75 Å². The minimum atomic E-state index is -0.144. The average molecular weight is 206 g/mol. The lowest BCUT2D eigenvalue weighted by atomic mass is 10.0. The third-order valence-electron chi connectivity index (χ3n) is 2.73. The third-order valence-corrected chi connectivity index (χ3v) is 2.73. The standard InChI is InChI=1S/C11H14N2O2/c12-10-7(3-1-5-9(10)14)11(15)8-4-2-6-13-8/h1,3,5,8,13-14H,2,4,6,12H2/t8-/m0/s1. The van der Waals surface area contributed by atoms with E-state index in [0.29, 0.717) is 5.56 Å². The van der Waals surface area contributed by atoms with Gasteiger partial charge in [-0.3, -0.25) is 4.79 Å². The van der Waals surface area contributed by atoms with Crippen LogP contribution in [0, 0.1) is 0 Å². The molecule has 1 atom stereocenters. The molecular weight excluding hydrogens is 192 g/mol. The molecule has 4 heteroatoms. The van der Waals surface area contributed by atoms with Crippen molar-refractivity contribution in [2.45, 2.75) is 18.9 Å². The highest BCUT2D eigenvalue weighted by atomic mass is 16.3. The summed E-state index contributed by atoms with van der Waals surface area (Å²) >= 11 is 0. The Morgan fingerprint density at radius 1 is 1.53 bits per heavy atom. The first-order valence-corrected chi connectivity index (χ1v) is 5.05. The number of phenolic OH excluding ortho intramolecular Hbond substituents is 1. The van der Waals surface area contributed by atoms with Crippen LogP contribution in [-0.2, 0) is 0 Å². The minimum absolute atomic E-state index is 0.0269. The molecule has 0 radical (unpaired) electrons. The maximum Gasteiger partial charge on any atom is 0.181 e. The molecule has 4 N–H and O–H groups in total. The molecule has 15 heavy (non-hydrogen) atoms. The van der Waals surface area contributed by atoms with Gasteiger partial charge in [0, 0.05) is 5.56 Å². The van der Waals surface area contributed by atoms with Crippen LogP contribution in [0.2, 0.25) is 0 Å². The molecule has 0 unspecified atom stereocenters. The summed E-state index contributed by atoms with van der Waals surface area (Å²) in [5, 5.41) is 12.5. The lowest BCUT2D eigenvalue weighted by Crippen LogP contribution is -2.31. The molecular formula is C11H14N2O2. The first-order chi connectivity index (χ1) is 7.20. The van der Waals surface area contributed by atoms with Crippen LogP contribution in [0.1, 0.15) is 23.2 Å². The number of carbonyl (C=O) groups excluding carboxylic acids is 1. The summed E-state index contributed by atoms with van der Waals surface area (Å²) in [6.45, 7) is 0.870. The van der Waals surface area contributed by atoms with Crippen molar-refractivity contribution in [2.24, 2.45) is 0 Å². The smallest absolute Gasteiger partial charge is 0.181 e. The van der Waals surface area contributed by atoms with Crippen molar-refractivity contribution < 1.29 is 9.90 Å². The van der Waals surface area contributed by atoms with Crippen LogP contribution >= 0.6 is 0 Å². The predicted molar refractivity (Wildman–Crippen MR) is 57.9 cm³/mol. The number of benzene rings is 1. The number of ketones is 1. The normalized spacial score (nSPS) is 20.4. The number of hydrogen-bond donors (Lipinski definition) is 3. The monoisotopic (exact) mass is 206 g/mol. The summed E-state index contributed by atoms with van der Waals surface area (Å²) in [4.78, 5) is 12.0. The van der Waals surface area contributed by atoms with Gasteiger partial charge in [0.25, 0.3) is 0 Å². The fourth-order valence-corrected chi connectivity index (χ4v) is 1.86. The van der Waals surface area contributed by atoms with E-state index < -0.39 is 0 Å². The van der Waals surface area contributed by atoms with Crippen molar-refractivity contribution in [2.75, 3.05) is 12.3 Å². The molecule has 1 aliphatic rings. The first kappa shape index (κ1) is 9.98. The zero-order valence-electron chi connectivity index (χ0n) is 8.36. The fourth-order valence-electron chi connectivity index (χ4n) is 1.86. The molecule has 0 spiro atoms. The Balaban J connectivity index is 2.28. The Bertz CT molecular complexity index is 384. The number of nitrogens with one attached hydrogen (secondary N) is 1. The van der Waals surface area contributed by atoms with Gasteiger partial charge >= 0.3 is 0 Å². The highest BCUT2D eigenvalue weighted by Crippen LogP contribution is 2.25. The van der Waals surface area contributed by atoms with Crippen molar-refractivity contribution >= 4 is 11.5 Å². The summed E-state index contributed by atoms with van der Waals surface area (Å²) in [7, 11) is 0. The number of hydrogen-bond acceptors (Lipinski definition) is 4. The Labute approximate surface area is 88.1 Å². The molecule has 0 aliphatic carbocycles. The highest BCUT2D eigenvalue weighted by Gasteiger charge is 2.25. The average Bonchev–Trinajstić information content (AvgIpc) is 2.74. The van der Waals surface area contributed by atoms with Crippen LogP contribution in [0.3, 0.4) is 0 Å². The van der Waals surface area contributed by atoms with Crippen molar-refractivity contribution in [3.05, 3.63) is 23.8 Å². The van der Waals surface area contributed by atoms with E-state index >= 15 is 0 Å². The molecule has 2 rings (SSSR count). The van der Waals surface area contributed by atoms with E-state index in [1.54, 1.807) is 12.1 Å². The summed E-state index contributed by atoms with van der Waals surface area (Å²) < 4.78 is 0. The lowest BCUT2D eigenvalue weighted by molar-refractivity contribution is 0.0953. The number of rotatable bonds is 2. The van der Waals surface area contributed by atoms with E-state index in [1.807, 2.05) is 0 Å². The number of nitrogen functional groups attached to an aromatic ring is 1. The van der Waals surface area contributed by atoms with E-state index in [2.05, 4.69) is 5.32 Å². The second kappa shape index (κ2) is 3.90. The molecule has 1 aliphatic heterocycles. The fraction of sp³-hybridized carbons (Fsp3) is 0.364. The molecule has 1 saturated heterocycles. The molecule has 1 aromatic rings. The van der Waals surface area contributed by atoms with Crippen LogP contribution in [0.5, 0.6) is 5.75 Å². The van der Waals surface area contributed by atoms with Gasteiger partial charge < -0.3 is 16.2 Å². The third kappa shape index (κ3) is 1.80. The van der Waals surface area contributed by atoms with Gasteiger partial charge in [0.2, 0.25) is 0 Å². The zero-order chi connectivity index (χ0) is 10.8. The SMILES string of the molecule is Nc1c(O)cccc1C(=O)[C@@H]1CCCN1. The first-order valence-electron chi connectivity index (χ1n) is 5.05. The van der Waals surface area contributed by atoms with Crippen molar-refractivity contribution in [1.29, 1.82) is 0 Å². The Kier molecular flexibility index (Phi) is 2.60. The molecule has 0 saturated carbocycles. The van der Waals surface area contributed by atoms with E-state index in [0.717, 1.165) is 19.4 Å². The molecule has 0 bridgehead atoms. The molecule has 1 heterocycles. The Morgan fingerprint density at radius 2 is 2.33 bits per heavy atom. The molecule has 1 fully saturated rings. The zero-order valence-corrected chi connectivity index (χ0v) is 8.36. The summed E-state index contributed by atoms with van der Waals surface area (Å²) in [5.74, 6) is -0.0558. The number of aromatic hydroxyl groups is 1. The Hall–Kier alpha value is -1.55. The van der Waals surface area contributed by atoms with Gasteiger partial charge in [-0.15, -0.1) is 0 Å². The van der Waals surface area contributed by atoms with Crippen LogP contribution in [0.4, 0.5) is 5.69 Å². The number of carbonyl (C=O) groups is 1. The van der Waals surface area contributed by atoms with Crippen LogP contribution in [-0.4, -0.2) is 23.5 Å². The van der Waals surface area contributed by atoms with E-state index in [1.165, 1.54) is 6.07 Å². The highest BCUT2D eigenvalue weighted by molar-refractivity contribution is 6.05. The Morgan fingerprint density at radius 3 is 3.00 bits per heavy atom. The second-order valence-electron chi connectivity index (χ2n) is 3.75. The molecule has 0 aromatic heterocycles. The molecule has 80 valence electrons. The number of Topliss-reactive ketones (excluding diaryl/α,β-unsaturated/α-hetero) is 1. The number of para-hydroxylation sites is 1.